The molecule has 1 amide bonds. The fourth-order valence-electron chi connectivity index (χ4n) is 2.57. The van der Waals surface area contributed by atoms with E-state index in [0.29, 0.717) is 0 Å². The van der Waals surface area contributed by atoms with E-state index in [2.05, 4.69) is 4.90 Å². The second kappa shape index (κ2) is 5.88. The molecule has 0 unspecified atom stereocenters. The van der Waals surface area contributed by atoms with Crippen molar-refractivity contribution >= 4 is 23.2 Å². The summed E-state index contributed by atoms with van der Waals surface area (Å²) in [6.45, 7) is 3.27. The molecule has 0 N–H and O–H groups in total. The van der Waals surface area contributed by atoms with Crippen LogP contribution in [0.5, 0.6) is 0 Å². The van der Waals surface area contributed by atoms with Gasteiger partial charge < -0.3 is 9.80 Å². The third kappa shape index (κ3) is 3.07. The molecule has 5 heteroatoms. The van der Waals surface area contributed by atoms with Crippen molar-refractivity contribution in [3.8, 4) is 0 Å². The SMILES string of the molecule is CC(=O)N(c1c(F)cccc1Cl)C1CCN(C)CC1. The normalized spacial score (nSPS) is 17.5. The highest BCUT2D eigenvalue weighted by Crippen LogP contribution is 2.32. The molecule has 1 saturated heterocycles. The Labute approximate surface area is 117 Å². The standard InChI is InChI=1S/C14H18ClFN2O/c1-10(19)18(11-6-8-17(2)9-7-11)14-12(15)4-3-5-13(14)16/h3-5,11H,6-9H2,1-2H3. The van der Waals surface area contributed by atoms with Crippen LogP contribution in [0.4, 0.5) is 10.1 Å². The van der Waals surface area contributed by atoms with Crippen molar-refractivity contribution in [1.82, 2.24) is 4.90 Å². The van der Waals surface area contributed by atoms with Crippen LogP contribution >= 0.6 is 11.6 Å². The summed E-state index contributed by atoms with van der Waals surface area (Å²) in [7, 11) is 2.05. The first-order valence-electron chi connectivity index (χ1n) is 6.43. The molecule has 3 nitrogen and oxygen atoms in total. The van der Waals surface area contributed by atoms with Crippen LogP contribution in [-0.2, 0) is 4.79 Å². The number of amides is 1. The highest BCUT2D eigenvalue weighted by molar-refractivity contribution is 6.33. The van der Waals surface area contributed by atoms with Gasteiger partial charge in [0.15, 0.2) is 0 Å². The van der Waals surface area contributed by atoms with Crippen molar-refractivity contribution in [2.75, 3.05) is 25.0 Å². The number of halogens is 2. The van der Waals surface area contributed by atoms with Crippen LogP contribution < -0.4 is 4.90 Å². The van der Waals surface area contributed by atoms with Gasteiger partial charge in [0.05, 0.1) is 10.7 Å². The number of piperidine rings is 1. The van der Waals surface area contributed by atoms with Crippen LogP contribution in [0.2, 0.25) is 5.02 Å². The quantitative estimate of drug-likeness (QED) is 0.834. The summed E-state index contributed by atoms with van der Waals surface area (Å²) >= 11 is 6.07. The van der Waals surface area contributed by atoms with Crippen molar-refractivity contribution in [2.45, 2.75) is 25.8 Å². The molecule has 1 fully saturated rings. The summed E-state index contributed by atoms with van der Waals surface area (Å²) in [4.78, 5) is 15.6. The number of anilines is 1. The Balaban J connectivity index is 2.33. The summed E-state index contributed by atoms with van der Waals surface area (Å²) in [5.41, 5.74) is 0.214. The lowest BCUT2D eigenvalue weighted by molar-refractivity contribution is -0.117. The highest BCUT2D eigenvalue weighted by atomic mass is 35.5. The van der Waals surface area contributed by atoms with Crippen LogP contribution in [0, 0.1) is 5.82 Å². The van der Waals surface area contributed by atoms with Gasteiger partial charge in [-0.15, -0.1) is 0 Å². The summed E-state index contributed by atoms with van der Waals surface area (Å²) in [5.74, 6) is -0.608. The average Bonchev–Trinajstić information content (AvgIpc) is 2.35. The highest BCUT2D eigenvalue weighted by Gasteiger charge is 2.29. The lowest BCUT2D eigenvalue weighted by Gasteiger charge is -2.37. The number of carbonyl (C=O) groups excluding carboxylic acids is 1. The van der Waals surface area contributed by atoms with E-state index in [-0.39, 0.29) is 22.7 Å². The van der Waals surface area contributed by atoms with Gasteiger partial charge in [0, 0.05) is 13.0 Å². The minimum absolute atomic E-state index is 0.0168. The molecule has 0 bridgehead atoms. The first-order chi connectivity index (χ1) is 9.00. The molecule has 0 aromatic heterocycles. The van der Waals surface area contributed by atoms with Crippen molar-refractivity contribution < 1.29 is 9.18 Å². The van der Waals surface area contributed by atoms with Crippen molar-refractivity contribution in [3.05, 3.63) is 29.0 Å². The Morgan fingerprint density at radius 2 is 2.05 bits per heavy atom. The number of para-hydroxylation sites is 1. The lowest BCUT2D eigenvalue weighted by atomic mass is 10.0. The maximum Gasteiger partial charge on any atom is 0.224 e. The van der Waals surface area contributed by atoms with Crippen LogP contribution in [-0.4, -0.2) is 37.0 Å². The van der Waals surface area contributed by atoms with Crippen molar-refractivity contribution in [2.24, 2.45) is 0 Å². The van der Waals surface area contributed by atoms with Gasteiger partial charge in [0.1, 0.15) is 5.82 Å². The van der Waals surface area contributed by atoms with Crippen LogP contribution in [0.25, 0.3) is 0 Å². The van der Waals surface area contributed by atoms with Crippen LogP contribution in [0.1, 0.15) is 19.8 Å². The summed E-state index contributed by atoms with van der Waals surface area (Å²) in [5, 5.41) is 0.286. The van der Waals surface area contributed by atoms with E-state index in [9.17, 15) is 9.18 Å². The van der Waals surface area contributed by atoms with Crippen LogP contribution in [0.15, 0.2) is 18.2 Å². The number of carbonyl (C=O) groups is 1. The molecule has 0 saturated carbocycles. The molecule has 1 aromatic rings. The van der Waals surface area contributed by atoms with Gasteiger partial charge in [-0.2, -0.15) is 0 Å². The predicted molar refractivity (Wildman–Crippen MR) is 75.1 cm³/mol. The number of likely N-dealkylation sites (tertiary alicyclic amines) is 1. The number of rotatable bonds is 2. The summed E-state index contributed by atoms with van der Waals surface area (Å²) in [6, 6.07) is 4.52. The van der Waals surface area contributed by atoms with E-state index < -0.39 is 5.82 Å². The molecular formula is C14H18ClFN2O. The first kappa shape index (κ1) is 14.3. The Bertz CT molecular complexity index is 452. The average molecular weight is 285 g/mol. The molecule has 0 radical (unpaired) electrons. The maximum absolute atomic E-state index is 14.0. The Hall–Kier alpha value is -1.13. The minimum atomic E-state index is -0.443. The number of nitrogens with zero attached hydrogens (tertiary/aromatic N) is 2. The van der Waals surface area contributed by atoms with Gasteiger partial charge in [-0.1, -0.05) is 17.7 Å². The van der Waals surface area contributed by atoms with E-state index in [4.69, 9.17) is 11.6 Å². The predicted octanol–water partition coefficient (Wildman–Crippen LogP) is 2.93. The third-order valence-corrected chi connectivity index (χ3v) is 3.88. The third-order valence-electron chi connectivity index (χ3n) is 3.57. The van der Waals surface area contributed by atoms with Gasteiger partial charge in [0.2, 0.25) is 5.91 Å². The molecule has 1 aromatic carbocycles. The van der Waals surface area contributed by atoms with E-state index in [1.54, 1.807) is 12.1 Å². The first-order valence-corrected chi connectivity index (χ1v) is 6.81. The monoisotopic (exact) mass is 284 g/mol. The largest absolute Gasteiger partial charge is 0.306 e. The van der Waals surface area contributed by atoms with E-state index in [1.807, 2.05) is 7.05 Å². The number of hydrogen-bond acceptors (Lipinski definition) is 2. The molecule has 1 aliphatic heterocycles. The van der Waals surface area contributed by atoms with Gasteiger partial charge in [-0.3, -0.25) is 4.79 Å². The smallest absolute Gasteiger partial charge is 0.224 e. The van der Waals surface area contributed by atoms with Gasteiger partial charge in [0.25, 0.3) is 0 Å². The second-order valence-corrected chi connectivity index (χ2v) is 5.40. The fourth-order valence-corrected chi connectivity index (χ4v) is 2.82. The van der Waals surface area contributed by atoms with Gasteiger partial charge in [-0.25, -0.2) is 4.39 Å². The molecule has 1 heterocycles. The zero-order valence-corrected chi connectivity index (χ0v) is 12.0. The zero-order chi connectivity index (χ0) is 14.0. The second-order valence-electron chi connectivity index (χ2n) is 4.99. The summed E-state index contributed by atoms with van der Waals surface area (Å²) in [6.07, 6.45) is 1.67. The van der Waals surface area contributed by atoms with E-state index in [0.717, 1.165) is 25.9 Å². The maximum atomic E-state index is 14.0. The molecule has 0 spiro atoms. The van der Waals surface area contributed by atoms with Crippen molar-refractivity contribution in [1.29, 1.82) is 0 Å². The van der Waals surface area contributed by atoms with Crippen LogP contribution in [0.3, 0.4) is 0 Å². The zero-order valence-electron chi connectivity index (χ0n) is 11.2. The van der Waals surface area contributed by atoms with Gasteiger partial charge in [-0.05, 0) is 45.1 Å². The Morgan fingerprint density at radius 1 is 1.42 bits per heavy atom. The lowest BCUT2D eigenvalue weighted by Crippen LogP contribution is -2.46. The molecular weight excluding hydrogens is 267 g/mol. The van der Waals surface area contributed by atoms with Gasteiger partial charge >= 0.3 is 0 Å². The van der Waals surface area contributed by atoms with Crippen molar-refractivity contribution in [3.63, 3.8) is 0 Å². The molecule has 104 valence electrons. The minimum Gasteiger partial charge on any atom is -0.306 e. The molecule has 19 heavy (non-hydrogen) atoms. The Morgan fingerprint density at radius 3 is 2.58 bits per heavy atom. The van der Waals surface area contributed by atoms with E-state index >= 15 is 0 Å². The molecule has 0 atom stereocenters. The van der Waals surface area contributed by atoms with E-state index in [1.165, 1.54) is 17.9 Å². The number of benzene rings is 1. The summed E-state index contributed by atoms with van der Waals surface area (Å²) < 4.78 is 14.0. The molecule has 2 rings (SSSR count). The fraction of sp³-hybridized carbons (Fsp3) is 0.500. The molecule has 0 aliphatic carbocycles. The topological polar surface area (TPSA) is 23.6 Å². The Kier molecular flexibility index (Phi) is 4.42. The number of hydrogen-bond donors (Lipinski definition) is 0. The molecule has 1 aliphatic rings.